The van der Waals surface area contributed by atoms with Crippen LogP contribution >= 0.6 is 11.6 Å². The van der Waals surface area contributed by atoms with Crippen molar-refractivity contribution in [2.45, 2.75) is 25.9 Å². The van der Waals surface area contributed by atoms with E-state index in [4.69, 9.17) is 21.9 Å². The first-order valence-electron chi connectivity index (χ1n) is 4.75. The highest BCUT2D eigenvalue weighted by molar-refractivity contribution is 6.30. The lowest BCUT2D eigenvalue weighted by molar-refractivity contribution is 0.351. The van der Waals surface area contributed by atoms with E-state index in [1.807, 2.05) is 13.8 Å². The molecule has 6 nitrogen and oxygen atoms in total. The fourth-order valence-corrected chi connectivity index (χ4v) is 1.30. The Morgan fingerprint density at radius 1 is 1.56 bits per heavy atom. The molecule has 0 saturated carbocycles. The molecule has 2 aromatic heterocycles. The molecular weight excluding hydrogens is 230 g/mol. The minimum absolute atomic E-state index is 0.385. The van der Waals surface area contributed by atoms with E-state index < -0.39 is 5.54 Å². The van der Waals surface area contributed by atoms with Crippen LogP contribution in [0.15, 0.2) is 16.9 Å². The Kier molecular flexibility index (Phi) is 2.69. The van der Waals surface area contributed by atoms with E-state index in [1.165, 1.54) is 0 Å². The molecule has 0 aliphatic carbocycles. The predicted molar refractivity (Wildman–Crippen MR) is 57.9 cm³/mol. The van der Waals surface area contributed by atoms with E-state index in [9.17, 15) is 0 Å². The van der Waals surface area contributed by atoms with Gasteiger partial charge in [0, 0.05) is 6.20 Å². The highest BCUT2D eigenvalue weighted by Gasteiger charge is 2.21. The van der Waals surface area contributed by atoms with Crippen LogP contribution in [0.3, 0.4) is 0 Å². The van der Waals surface area contributed by atoms with E-state index in [0.29, 0.717) is 23.3 Å². The van der Waals surface area contributed by atoms with Gasteiger partial charge in [0.05, 0.1) is 16.8 Å². The quantitative estimate of drug-likeness (QED) is 0.872. The second kappa shape index (κ2) is 3.88. The molecule has 0 aliphatic heterocycles. The molecule has 0 spiro atoms. The molecule has 0 amide bonds. The molecule has 0 saturated heterocycles. The van der Waals surface area contributed by atoms with Crippen molar-refractivity contribution >= 4 is 11.6 Å². The number of hydrogen-bond acceptors (Lipinski definition) is 5. The highest BCUT2D eigenvalue weighted by atomic mass is 35.5. The first-order chi connectivity index (χ1) is 7.45. The Balaban J connectivity index is 2.14. The van der Waals surface area contributed by atoms with Crippen molar-refractivity contribution in [1.82, 2.24) is 19.9 Å². The van der Waals surface area contributed by atoms with Gasteiger partial charge in [0.15, 0.2) is 5.82 Å². The van der Waals surface area contributed by atoms with Gasteiger partial charge >= 0.3 is 0 Å². The Bertz CT molecular complexity index is 484. The third-order valence-corrected chi connectivity index (χ3v) is 2.14. The van der Waals surface area contributed by atoms with Crippen LogP contribution in [0, 0.1) is 0 Å². The second-order valence-electron chi connectivity index (χ2n) is 4.09. The van der Waals surface area contributed by atoms with Gasteiger partial charge in [-0.3, -0.25) is 4.68 Å². The van der Waals surface area contributed by atoms with Crippen molar-refractivity contribution in [3.8, 4) is 0 Å². The summed E-state index contributed by atoms with van der Waals surface area (Å²) in [5, 5.41) is 8.38. The molecule has 2 rings (SSSR count). The van der Waals surface area contributed by atoms with Gasteiger partial charge in [0.2, 0.25) is 5.89 Å². The lowest BCUT2D eigenvalue weighted by Gasteiger charge is -2.11. The monoisotopic (exact) mass is 241 g/mol. The van der Waals surface area contributed by atoms with E-state index in [0.717, 1.165) is 0 Å². The van der Waals surface area contributed by atoms with E-state index in [1.54, 1.807) is 17.1 Å². The number of hydrogen-bond donors (Lipinski definition) is 1. The Hall–Kier alpha value is -1.40. The average molecular weight is 242 g/mol. The fourth-order valence-electron chi connectivity index (χ4n) is 1.14. The zero-order chi connectivity index (χ0) is 11.8. The Labute approximate surface area is 97.4 Å². The largest absolute Gasteiger partial charge is 0.337 e. The molecule has 7 heteroatoms. The van der Waals surface area contributed by atoms with Gasteiger partial charge in [-0.05, 0) is 13.8 Å². The molecular formula is C9H12ClN5O. The molecule has 0 aliphatic rings. The van der Waals surface area contributed by atoms with Gasteiger partial charge in [0.25, 0.3) is 0 Å². The molecule has 0 unspecified atom stereocenters. The van der Waals surface area contributed by atoms with Crippen molar-refractivity contribution in [1.29, 1.82) is 0 Å². The van der Waals surface area contributed by atoms with Crippen LogP contribution in [-0.4, -0.2) is 19.9 Å². The molecule has 0 aromatic carbocycles. The zero-order valence-electron chi connectivity index (χ0n) is 9.01. The van der Waals surface area contributed by atoms with Crippen molar-refractivity contribution in [2.75, 3.05) is 0 Å². The van der Waals surface area contributed by atoms with Crippen molar-refractivity contribution in [3.05, 3.63) is 29.1 Å². The number of halogens is 1. The summed E-state index contributed by atoms with van der Waals surface area (Å²) in [5.41, 5.74) is 5.23. The van der Waals surface area contributed by atoms with Crippen LogP contribution in [-0.2, 0) is 12.1 Å². The van der Waals surface area contributed by atoms with Crippen LogP contribution in [0.2, 0.25) is 5.02 Å². The molecule has 0 radical (unpaired) electrons. The standard InChI is InChI=1S/C9H12ClN5O/c1-9(2,11)8-13-7(16-14-8)5-15-4-6(10)3-12-15/h3-4H,5,11H2,1-2H3. The molecule has 0 bridgehead atoms. The first kappa shape index (κ1) is 11.1. The van der Waals surface area contributed by atoms with Crippen LogP contribution in [0.4, 0.5) is 0 Å². The van der Waals surface area contributed by atoms with Gasteiger partial charge in [-0.25, -0.2) is 0 Å². The van der Waals surface area contributed by atoms with Gasteiger partial charge in [-0.15, -0.1) is 0 Å². The van der Waals surface area contributed by atoms with Gasteiger partial charge < -0.3 is 10.3 Å². The van der Waals surface area contributed by atoms with Crippen molar-refractivity contribution in [2.24, 2.45) is 5.73 Å². The summed E-state index contributed by atoms with van der Waals surface area (Å²) < 4.78 is 6.67. The number of rotatable bonds is 3. The summed E-state index contributed by atoms with van der Waals surface area (Å²) in [5.74, 6) is 0.925. The topological polar surface area (TPSA) is 82.8 Å². The number of aromatic nitrogens is 4. The van der Waals surface area contributed by atoms with Crippen LogP contribution in [0.25, 0.3) is 0 Å². The maximum Gasteiger partial charge on any atom is 0.248 e. The minimum atomic E-state index is -0.608. The highest BCUT2D eigenvalue weighted by Crippen LogP contribution is 2.13. The maximum atomic E-state index is 5.84. The average Bonchev–Trinajstić information content (AvgIpc) is 2.74. The summed E-state index contributed by atoms with van der Waals surface area (Å²) in [6.07, 6.45) is 3.23. The molecule has 16 heavy (non-hydrogen) atoms. The van der Waals surface area contributed by atoms with Crippen LogP contribution < -0.4 is 5.73 Å². The lowest BCUT2D eigenvalue weighted by atomic mass is 10.1. The smallest absolute Gasteiger partial charge is 0.248 e. The van der Waals surface area contributed by atoms with E-state index in [2.05, 4.69) is 15.2 Å². The summed E-state index contributed by atoms with van der Waals surface area (Å²) >= 11 is 5.73. The third kappa shape index (κ3) is 2.40. The summed E-state index contributed by atoms with van der Waals surface area (Å²) in [7, 11) is 0. The van der Waals surface area contributed by atoms with Gasteiger partial charge in [-0.1, -0.05) is 16.8 Å². The molecule has 2 N–H and O–H groups in total. The zero-order valence-corrected chi connectivity index (χ0v) is 9.77. The van der Waals surface area contributed by atoms with Gasteiger partial charge in [-0.2, -0.15) is 10.1 Å². The summed E-state index contributed by atoms with van der Waals surface area (Å²) in [6, 6.07) is 0. The van der Waals surface area contributed by atoms with Crippen molar-refractivity contribution < 1.29 is 4.52 Å². The summed E-state index contributed by atoms with van der Waals surface area (Å²) in [4.78, 5) is 4.18. The van der Waals surface area contributed by atoms with Crippen molar-refractivity contribution in [3.63, 3.8) is 0 Å². The lowest BCUT2D eigenvalue weighted by Crippen LogP contribution is -2.30. The van der Waals surface area contributed by atoms with E-state index in [-0.39, 0.29) is 0 Å². The van der Waals surface area contributed by atoms with Gasteiger partial charge in [0.1, 0.15) is 6.54 Å². The number of nitrogens with two attached hydrogens (primary N) is 1. The first-order valence-corrected chi connectivity index (χ1v) is 5.13. The maximum absolute atomic E-state index is 5.84. The molecule has 2 aromatic rings. The molecule has 0 atom stereocenters. The SMILES string of the molecule is CC(C)(N)c1noc(Cn2cc(Cl)cn2)n1. The fraction of sp³-hybridized carbons (Fsp3) is 0.444. The van der Waals surface area contributed by atoms with Crippen LogP contribution in [0.1, 0.15) is 25.6 Å². The Morgan fingerprint density at radius 2 is 2.31 bits per heavy atom. The second-order valence-corrected chi connectivity index (χ2v) is 4.53. The predicted octanol–water partition coefficient (Wildman–Crippen LogP) is 1.16. The summed E-state index contributed by atoms with van der Waals surface area (Å²) in [6.45, 7) is 4.01. The molecule has 2 heterocycles. The van der Waals surface area contributed by atoms with Crippen LogP contribution in [0.5, 0.6) is 0 Å². The molecule has 0 fully saturated rings. The molecule has 86 valence electrons. The Morgan fingerprint density at radius 3 is 2.81 bits per heavy atom. The normalized spacial score (nSPS) is 12.0. The van der Waals surface area contributed by atoms with E-state index >= 15 is 0 Å². The third-order valence-electron chi connectivity index (χ3n) is 1.94. The number of nitrogens with zero attached hydrogens (tertiary/aromatic N) is 4. The minimum Gasteiger partial charge on any atom is -0.337 e.